The topological polar surface area (TPSA) is 67.2 Å². The summed E-state index contributed by atoms with van der Waals surface area (Å²) < 4.78 is 1.62. The first-order valence-corrected chi connectivity index (χ1v) is 9.28. The maximum Gasteiger partial charge on any atom is 0.275 e. The van der Waals surface area contributed by atoms with Gasteiger partial charge in [0.1, 0.15) is 6.54 Å². The van der Waals surface area contributed by atoms with E-state index in [0.717, 1.165) is 42.4 Å². The molecule has 2 aromatic carbocycles. The number of hydrogen-bond acceptors (Lipinski definition) is 3. The molecule has 2 heterocycles. The summed E-state index contributed by atoms with van der Waals surface area (Å²) in [5.41, 5.74) is 2.28. The Kier molecular flexibility index (Phi) is 4.87. The van der Waals surface area contributed by atoms with Gasteiger partial charge in [-0.05, 0) is 24.5 Å². The summed E-state index contributed by atoms with van der Waals surface area (Å²) >= 11 is 0. The molecule has 1 fully saturated rings. The molecule has 0 atom stereocenters. The van der Waals surface area contributed by atoms with Crippen LogP contribution in [0.2, 0.25) is 0 Å². The van der Waals surface area contributed by atoms with E-state index in [1.165, 1.54) is 0 Å². The van der Waals surface area contributed by atoms with Crippen molar-refractivity contribution >= 4 is 22.7 Å². The fourth-order valence-corrected chi connectivity index (χ4v) is 3.46. The van der Waals surface area contributed by atoms with Crippen LogP contribution in [-0.2, 0) is 17.9 Å². The first-order chi connectivity index (χ1) is 13.2. The van der Waals surface area contributed by atoms with Gasteiger partial charge in [0.05, 0.1) is 5.52 Å². The molecule has 1 aliphatic heterocycles. The number of amides is 2. The Morgan fingerprint density at radius 1 is 0.963 bits per heavy atom. The summed E-state index contributed by atoms with van der Waals surface area (Å²) in [7, 11) is 0. The number of carbonyl (C=O) groups excluding carboxylic acids is 2. The van der Waals surface area contributed by atoms with Crippen molar-refractivity contribution in [2.75, 3.05) is 13.1 Å². The molecule has 0 radical (unpaired) electrons. The number of hydrogen-bond donors (Lipinski definition) is 1. The first-order valence-electron chi connectivity index (χ1n) is 9.28. The van der Waals surface area contributed by atoms with Gasteiger partial charge in [-0.1, -0.05) is 48.5 Å². The maximum absolute atomic E-state index is 12.8. The van der Waals surface area contributed by atoms with Crippen molar-refractivity contribution in [3.05, 3.63) is 65.9 Å². The van der Waals surface area contributed by atoms with Gasteiger partial charge in [-0.2, -0.15) is 5.10 Å². The third kappa shape index (κ3) is 3.69. The lowest BCUT2D eigenvalue weighted by Gasteiger charge is -2.13. The smallest absolute Gasteiger partial charge is 0.275 e. The van der Waals surface area contributed by atoms with Crippen molar-refractivity contribution < 1.29 is 9.59 Å². The summed E-state index contributed by atoms with van der Waals surface area (Å²) in [6.07, 6.45) is 2.07. The lowest BCUT2D eigenvalue weighted by atomic mass is 10.2. The second-order valence-corrected chi connectivity index (χ2v) is 6.79. The van der Waals surface area contributed by atoms with E-state index in [1.54, 1.807) is 4.68 Å². The van der Waals surface area contributed by atoms with Crippen LogP contribution in [0.4, 0.5) is 0 Å². The van der Waals surface area contributed by atoms with E-state index >= 15 is 0 Å². The highest BCUT2D eigenvalue weighted by Gasteiger charge is 2.25. The minimum Gasteiger partial charge on any atom is -0.350 e. The molecule has 0 spiro atoms. The summed E-state index contributed by atoms with van der Waals surface area (Å²) in [4.78, 5) is 27.1. The average Bonchev–Trinajstić information content (AvgIpc) is 3.36. The van der Waals surface area contributed by atoms with E-state index < -0.39 is 0 Å². The normalized spacial score (nSPS) is 13.9. The number of rotatable bonds is 5. The minimum absolute atomic E-state index is 0.0489. The summed E-state index contributed by atoms with van der Waals surface area (Å²) in [5, 5.41) is 8.20. The molecule has 6 nitrogen and oxygen atoms in total. The van der Waals surface area contributed by atoms with Crippen molar-refractivity contribution in [3.63, 3.8) is 0 Å². The molecule has 0 unspecified atom stereocenters. The molecule has 0 bridgehead atoms. The largest absolute Gasteiger partial charge is 0.350 e. The number of fused-ring (bicyclic) bond motifs is 1. The number of para-hydroxylation sites is 1. The number of aromatic nitrogens is 2. The van der Waals surface area contributed by atoms with Gasteiger partial charge in [-0.25, -0.2) is 0 Å². The number of nitrogens with zero attached hydrogens (tertiary/aromatic N) is 3. The van der Waals surface area contributed by atoms with E-state index in [2.05, 4.69) is 10.4 Å². The molecule has 6 heteroatoms. The third-order valence-corrected chi connectivity index (χ3v) is 4.88. The van der Waals surface area contributed by atoms with Gasteiger partial charge in [-0.15, -0.1) is 0 Å². The molecule has 138 valence electrons. The van der Waals surface area contributed by atoms with Crippen molar-refractivity contribution in [2.45, 2.75) is 25.9 Å². The second-order valence-electron chi connectivity index (χ2n) is 6.79. The first kappa shape index (κ1) is 17.3. The fraction of sp³-hybridized carbons (Fsp3) is 0.286. The highest BCUT2D eigenvalue weighted by Crippen LogP contribution is 2.21. The second kappa shape index (κ2) is 7.61. The Hall–Kier alpha value is -3.15. The lowest BCUT2D eigenvalue weighted by Crippen LogP contribution is -2.29. The number of carbonyl (C=O) groups is 2. The SMILES string of the molecule is O=C(Cn1nc(C(=O)N2CCCC2)c2ccccc21)NCc1ccccc1. The van der Waals surface area contributed by atoms with Crippen molar-refractivity contribution in [1.29, 1.82) is 0 Å². The quantitative estimate of drug-likeness (QED) is 0.759. The predicted molar refractivity (Wildman–Crippen MR) is 103 cm³/mol. The van der Waals surface area contributed by atoms with E-state index in [4.69, 9.17) is 0 Å². The Morgan fingerprint density at radius 3 is 2.44 bits per heavy atom. The van der Waals surface area contributed by atoms with Gasteiger partial charge >= 0.3 is 0 Å². The zero-order chi connectivity index (χ0) is 18.6. The van der Waals surface area contributed by atoms with Crippen molar-refractivity contribution in [2.24, 2.45) is 0 Å². The number of benzene rings is 2. The van der Waals surface area contributed by atoms with Crippen molar-refractivity contribution in [3.8, 4) is 0 Å². The van der Waals surface area contributed by atoms with Crippen LogP contribution >= 0.6 is 0 Å². The van der Waals surface area contributed by atoms with E-state index in [-0.39, 0.29) is 18.4 Å². The van der Waals surface area contributed by atoms with E-state index in [0.29, 0.717) is 12.2 Å². The van der Waals surface area contributed by atoms with Crippen LogP contribution in [0.25, 0.3) is 10.9 Å². The molecule has 0 saturated carbocycles. The molecule has 1 aromatic heterocycles. The Balaban J connectivity index is 1.53. The number of likely N-dealkylation sites (tertiary alicyclic amines) is 1. The zero-order valence-electron chi connectivity index (χ0n) is 15.1. The molecule has 4 rings (SSSR count). The maximum atomic E-state index is 12.8. The molecular weight excluding hydrogens is 340 g/mol. The standard InChI is InChI=1S/C21H22N4O2/c26-19(22-14-16-8-2-1-3-9-16)15-25-18-11-5-4-10-17(18)20(23-25)21(27)24-12-6-7-13-24/h1-5,8-11H,6-7,12-15H2,(H,22,26). The zero-order valence-corrected chi connectivity index (χ0v) is 15.1. The molecule has 27 heavy (non-hydrogen) atoms. The molecule has 1 saturated heterocycles. The molecule has 0 aliphatic carbocycles. The van der Waals surface area contributed by atoms with Gasteiger partial charge in [0.25, 0.3) is 5.91 Å². The van der Waals surface area contributed by atoms with Crippen LogP contribution in [0.15, 0.2) is 54.6 Å². The summed E-state index contributed by atoms with van der Waals surface area (Å²) in [6, 6.07) is 17.3. The predicted octanol–water partition coefficient (Wildman–Crippen LogP) is 2.59. The Labute approximate surface area is 157 Å². The van der Waals surface area contributed by atoms with E-state index in [9.17, 15) is 9.59 Å². The van der Waals surface area contributed by atoms with Gasteiger partial charge in [0.15, 0.2) is 5.69 Å². The minimum atomic E-state index is -0.132. The van der Waals surface area contributed by atoms with Gasteiger partial charge in [-0.3, -0.25) is 14.3 Å². The highest BCUT2D eigenvalue weighted by molar-refractivity contribution is 6.05. The van der Waals surface area contributed by atoms with E-state index in [1.807, 2.05) is 59.5 Å². The van der Waals surface area contributed by atoms with Crippen LogP contribution in [0, 0.1) is 0 Å². The van der Waals surface area contributed by atoms with Crippen LogP contribution < -0.4 is 5.32 Å². The average molecular weight is 362 g/mol. The molecule has 2 amide bonds. The molecule has 1 N–H and O–H groups in total. The monoisotopic (exact) mass is 362 g/mol. The molecule has 3 aromatic rings. The lowest BCUT2D eigenvalue weighted by molar-refractivity contribution is -0.121. The van der Waals surface area contributed by atoms with Crippen LogP contribution in [-0.4, -0.2) is 39.6 Å². The Morgan fingerprint density at radius 2 is 1.67 bits per heavy atom. The molecular formula is C21H22N4O2. The van der Waals surface area contributed by atoms with Crippen molar-refractivity contribution in [1.82, 2.24) is 20.0 Å². The van der Waals surface area contributed by atoms with Crippen LogP contribution in [0.3, 0.4) is 0 Å². The van der Waals surface area contributed by atoms with Gasteiger partial charge < -0.3 is 10.2 Å². The van der Waals surface area contributed by atoms with Gasteiger partial charge in [0, 0.05) is 25.0 Å². The molecule has 1 aliphatic rings. The Bertz CT molecular complexity index is 959. The van der Waals surface area contributed by atoms with Gasteiger partial charge in [0.2, 0.25) is 5.91 Å². The van der Waals surface area contributed by atoms with Crippen LogP contribution in [0.5, 0.6) is 0 Å². The highest BCUT2D eigenvalue weighted by atomic mass is 16.2. The summed E-state index contributed by atoms with van der Waals surface area (Å²) in [5.74, 6) is -0.181. The number of nitrogens with one attached hydrogen (secondary N) is 1. The summed E-state index contributed by atoms with van der Waals surface area (Å²) in [6.45, 7) is 2.11. The third-order valence-electron chi connectivity index (χ3n) is 4.88. The van der Waals surface area contributed by atoms with Crippen LogP contribution in [0.1, 0.15) is 28.9 Å². The fourth-order valence-electron chi connectivity index (χ4n) is 3.46.